The molecule has 0 aliphatic rings. The molecule has 0 radical (unpaired) electrons. The van der Waals surface area contributed by atoms with Crippen LogP contribution in [0.5, 0.6) is 0 Å². The Kier molecular flexibility index (Phi) is 4.04. The molecule has 2 rings (SSSR count). The van der Waals surface area contributed by atoms with Gasteiger partial charge in [0.2, 0.25) is 11.8 Å². The van der Waals surface area contributed by atoms with Gasteiger partial charge >= 0.3 is 0 Å². The van der Waals surface area contributed by atoms with E-state index in [1.807, 2.05) is 14.0 Å². The highest BCUT2D eigenvalue weighted by Crippen LogP contribution is 2.23. The van der Waals surface area contributed by atoms with Gasteiger partial charge in [-0.25, -0.2) is 4.39 Å². The lowest BCUT2D eigenvalue weighted by molar-refractivity contribution is 0.494. The van der Waals surface area contributed by atoms with E-state index < -0.39 is 0 Å². The number of nitrogens with zero attached hydrogens (tertiary/aromatic N) is 2. The van der Waals surface area contributed by atoms with Gasteiger partial charge in [0.15, 0.2) is 0 Å². The van der Waals surface area contributed by atoms with Crippen molar-refractivity contribution in [3.05, 3.63) is 35.5 Å². The molecule has 96 valence electrons. The molecule has 0 saturated heterocycles. The first-order chi connectivity index (χ1) is 8.70. The highest BCUT2D eigenvalue weighted by Gasteiger charge is 2.11. The SMILES string of the molecule is CNCCCc1nnc(-c2cc(F)ccc2C)o1. The number of benzene rings is 1. The summed E-state index contributed by atoms with van der Waals surface area (Å²) in [6.45, 7) is 2.79. The molecule has 1 N–H and O–H groups in total. The molecule has 0 aliphatic carbocycles. The Morgan fingerprint density at radius 3 is 2.94 bits per heavy atom. The van der Waals surface area contributed by atoms with Crippen molar-refractivity contribution in [2.45, 2.75) is 19.8 Å². The van der Waals surface area contributed by atoms with Gasteiger partial charge in [-0.2, -0.15) is 0 Å². The third-order valence-electron chi connectivity index (χ3n) is 2.71. The molecule has 0 bridgehead atoms. The molecule has 0 aliphatic heterocycles. The van der Waals surface area contributed by atoms with E-state index in [2.05, 4.69) is 15.5 Å². The molecular formula is C13H16FN3O. The summed E-state index contributed by atoms with van der Waals surface area (Å²) in [6.07, 6.45) is 1.66. The molecule has 0 atom stereocenters. The van der Waals surface area contributed by atoms with Crippen molar-refractivity contribution in [2.75, 3.05) is 13.6 Å². The fraction of sp³-hybridized carbons (Fsp3) is 0.385. The van der Waals surface area contributed by atoms with Gasteiger partial charge in [-0.15, -0.1) is 10.2 Å². The van der Waals surface area contributed by atoms with E-state index in [9.17, 15) is 4.39 Å². The van der Waals surface area contributed by atoms with Crippen LogP contribution < -0.4 is 5.32 Å². The summed E-state index contributed by atoms with van der Waals surface area (Å²) in [5, 5.41) is 11.0. The minimum atomic E-state index is -0.300. The van der Waals surface area contributed by atoms with Gasteiger partial charge in [-0.05, 0) is 44.6 Å². The van der Waals surface area contributed by atoms with Gasteiger partial charge in [0.25, 0.3) is 0 Å². The van der Waals surface area contributed by atoms with Gasteiger partial charge < -0.3 is 9.73 Å². The maximum Gasteiger partial charge on any atom is 0.248 e. The molecule has 0 fully saturated rings. The van der Waals surface area contributed by atoms with Crippen LogP contribution in [0.3, 0.4) is 0 Å². The average molecular weight is 249 g/mol. The third kappa shape index (κ3) is 2.92. The van der Waals surface area contributed by atoms with E-state index in [-0.39, 0.29) is 5.82 Å². The number of aromatic nitrogens is 2. The standard InChI is InChI=1S/C13H16FN3O/c1-9-5-6-10(14)8-11(9)13-17-16-12(18-13)4-3-7-15-2/h5-6,8,15H,3-4,7H2,1-2H3. The van der Waals surface area contributed by atoms with E-state index in [1.165, 1.54) is 12.1 Å². The molecule has 0 spiro atoms. The highest BCUT2D eigenvalue weighted by atomic mass is 19.1. The van der Waals surface area contributed by atoms with Gasteiger partial charge in [0, 0.05) is 12.0 Å². The quantitative estimate of drug-likeness (QED) is 0.826. The van der Waals surface area contributed by atoms with Gasteiger partial charge in [-0.1, -0.05) is 6.07 Å². The average Bonchev–Trinajstić information content (AvgIpc) is 2.81. The van der Waals surface area contributed by atoms with Gasteiger partial charge in [0.1, 0.15) is 5.82 Å². The molecule has 18 heavy (non-hydrogen) atoms. The zero-order valence-corrected chi connectivity index (χ0v) is 10.5. The molecule has 0 saturated carbocycles. The second-order valence-electron chi connectivity index (χ2n) is 4.17. The maximum absolute atomic E-state index is 13.2. The third-order valence-corrected chi connectivity index (χ3v) is 2.71. The number of aryl methyl sites for hydroxylation is 2. The van der Waals surface area contributed by atoms with E-state index in [4.69, 9.17) is 4.42 Å². The molecular weight excluding hydrogens is 233 g/mol. The fourth-order valence-corrected chi connectivity index (χ4v) is 1.70. The predicted octanol–water partition coefficient (Wildman–Crippen LogP) is 2.34. The second-order valence-corrected chi connectivity index (χ2v) is 4.17. The van der Waals surface area contributed by atoms with Crippen LogP contribution in [-0.4, -0.2) is 23.8 Å². The lowest BCUT2D eigenvalue weighted by Crippen LogP contribution is -2.08. The second kappa shape index (κ2) is 5.73. The Hall–Kier alpha value is -1.75. The molecule has 1 aromatic heterocycles. The van der Waals surface area contributed by atoms with Crippen molar-refractivity contribution in [2.24, 2.45) is 0 Å². The minimum absolute atomic E-state index is 0.300. The van der Waals surface area contributed by atoms with Crippen LogP contribution in [0.25, 0.3) is 11.5 Å². The Balaban J connectivity index is 2.16. The largest absolute Gasteiger partial charge is 0.421 e. The predicted molar refractivity (Wildman–Crippen MR) is 66.7 cm³/mol. The van der Waals surface area contributed by atoms with Crippen LogP contribution in [0.2, 0.25) is 0 Å². The van der Waals surface area contributed by atoms with E-state index in [1.54, 1.807) is 6.07 Å². The van der Waals surface area contributed by atoms with Crippen LogP contribution in [0.15, 0.2) is 22.6 Å². The maximum atomic E-state index is 13.2. The van der Waals surface area contributed by atoms with Gasteiger partial charge in [0.05, 0.1) is 0 Å². The summed E-state index contributed by atoms with van der Waals surface area (Å²) >= 11 is 0. The fourth-order valence-electron chi connectivity index (χ4n) is 1.70. The molecule has 0 unspecified atom stereocenters. The van der Waals surface area contributed by atoms with Crippen LogP contribution in [0.4, 0.5) is 4.39 Å². The normalized spacial score (nSPS) is 10.8. The van der Waals surface area contributed by atoms with Crippen molar-refractivity contribution in [3.63, 3.8) is 0 Å². The summed E-state index contributed by atoms with van der Waals surface area (Å²) in [5.41, 5.74) is 1.57. The van der Waals surface area contributed by atoms with Gasteiger partial charge in [-0.3, -0.25) is 0 Å². The smallest absolute Gasteiger partial charge is 0.248 e. The molecule has 4 nitrogen and oxygen atoms in total. The lowest BCUT2D eigenvalue weighted by atomic mass is 10.1. The van der Waals surface area contributed by atoms with Crippen molar-refractivity contribution >= 4 is 0 Å². The van der Waals surface area contributed by atoms with Crippen molar-refractivity contribution < 1.29 is 8.81 Å². The van der Waals surface area contributed by atoms with Crippen LogP contribution >= 0.6 is 0 Å². The topological polar surface area (TPSA) is 51.0 Å². The number of hydrogen-bond acceptors (Lipinski definition) is 4. The number of halogens is 1. The molecule has 1 heterocycles. The lowest BCUT2D eigenvalue weighted by Gasteiger charge is -2.00. The highest BCUT2D eigenvalue weighted by molar-refractivity contribution is 5.57. The molecule has 2 aromatic rings. The first-order valence-corrected chi connectivity index (χ1v) is 5.94. The van der Waals surface area contributed by atoms with Crippen molar-refractivity contribution in [1.29, 1.82) is 0 Å². The van der Waals surface area contributed by atoms with Crippen LogP contribution in [0, 0.1) is 12.7 Å². The van der Waals surface area contributed by atoms with Crippen molar-refractivity contribution in [3.8, 4) is 11.5 Å². The van der Waals surface area contributed by atoms with E-state index in [0.29, 0.717) is 17.3 Å². The summed E-state index contributed by atoms with van der Waals surface area (Å²) in [4.78, 5) is 0. The molecule has 5 heteroatoms. The zero-order chi connectivity index (χ0) is 13.0. The van der Waals surface area contributed by atoms with E-state index in [0.717, 1.165) is 24.9 Å². The zero-order valence-electron chi connectivity index (χ0n) is 10.5. The van der Waals surface area contributed by atoms with E-state index >= 15 is 0 Å². The van der Waals surface area contributed by atoms with Crippen LogP contribution in [0.1, 0.15) is 17.9 Å². The summed E-state index contributed by atoms with van der Waals surface area (Å²) < 4.78 is 18.7. The first kappa shape index (κ1) is 12.7. The minimum Gasteiger partial charge on any atom is -0.421 e. The Morgan fingerprint density at radius 1 is 1.33 bits per heavy atom. The Labute approximate surface area is 105 Å². The van der Waals surface area contributed by atoms with Crippen LogP contribution in [-0.2, 0) is 6.42 Å². The number of hydrogen-bond donors (Lipinski definition) is 1. The monoisotopic (exact) mass is 249 g/mol. The molecule has 0 amide bonds. The first-order valence-electron chi connectivity index (χ1n) is 5.94. The summed E-state index contributed by atoms with van der Waals surface area (Å²) in [6, 6.07) is 4.54. The number of rotatable bonds is 5. The summed E-state index contributed by atoms with van der Waals surface area (Å²) in [5.74, 6) is 0.668. The molecule has 1 aromatic carbocycles. The van der Waals surface area contributed by atoms with Crippen molar-refractivity contribution in [1.82, 2.24) is 15.5 Å². The summed E-state index contributed by atoms with van der Waals surface area (Å²) in [7, 11) is 1.90. The number of nitrogens with one attached hydrogen (secondary N) is 1. The Bertz CT molecular complexity index is 525. The Morgan fingerprint density at radius 2 is 2.17 bits per heavy atom.